The highest BCUT2D eigenvalue weighted by atomic mass is 35.5. The number of rotatable bonds is 2. The van der Waals surface area contributed by atoms with Crippen molar-refractivity contribution in [2.75, 3.05) is 11.9 Å². The van der Waals surface area contributed by atoms with Gasteiger partial charge in [0.1, 0.15) is 5.82 Å². The second kappa shape index (κ2) is 6.62. The number of alkyl halides is 3. The fourth-order valence-corrected chi connectivity index (χ4v) is 3.84. The van der Waals surface area contributed by atoms with E-state index in [1.54, 1.807) is 22.9 Å². The van der Waals surface area contributed by atoms with E-state index in [4.69, 9.17) is 34.8 Å². The fourth-order valence-electron chi connectivity index (χ4n) is 3.12. The van der Waals surface area contributed by atoms with E-state index in [2.05, 4.69) is 10.4 Å². The van der Waals surface area contributed by atoms with Gasteiger partial charge < -0.3 is 5.32 Å². The van der Waals surface area contributed by atoms with Crippen LogP contribution < -0.4 is 5.32 Å². The van der Waals surface area contributed by atoms with Crippen LogP contribution in [0.4, 0.5) is 19.0 Å². The fraction of sp³-hybridized carbons (Fsp3) is 0.167. The molecule has 0 bridgehead atoms. The van der Waals surface area contributed by atoms with E-state index in [9.17, 15) is 13.2 Å². The smallest absolute Gasteiger partial charge is 0.369 e. The topological polar surface area (TPSA) is 29.9 Å². The molecule has 3 nitrogen and oxygen atoms in total. The molecule has 1 N–H and O–H groups in total. The van der Waals surface area contributed by atoms with Crippen LogP contribution in [0.3, 0.4) is 0 Å². The molecule has 0 saturated carbocycles. The summed E-state index contributed by atoms with van der Waals surface area (Å²) in [5.41, 5.74) is 1.33. The number of anilines is 1. The second-order valence-corrected chi connectivity index (χ2v) is 7.30. The summed E-state index contributed by atoms with van der Waals surface area (Å²) in [5, 5.41) is 8.27. The van der Waals surface area contributed by atoms with Crippen molar-refractivity contribution in [3.63, 3.8) is 0 Å². The number of nitrogens with zero attached hydrogens (tertiary/aromatic N) is 2. The summed E-state index contributed by atoms with van der Waals surface area (Å²) in [5.74, 6) is 0.706. The predicted molar refractivity (Wildman–Crippen MR) is 101 cm³/mol. The highest BCUT2D eigenvalue weighted by Gasteiger charge is 2.34. The van der Waals surface area contributed by atoms with Crippen LogP contribution >= 0.6 is 34.8 Å². The summed E-state index contributed by atoms with van der Waals surface area (Å²) in [6.07, 6.45) is -3.91. The minimum absolute atomic E-state index is 0.343. The van der Waals surface area contributed by atoms with Gasteiger partial charge >= 0.3 is 6.18 Å². The summed E-state index contributed by atoms with van der Waals surface area (Å²) in [6.45, 7) is 0.658. The lowest BCUT2D eigenvalue weighted by Gasteiger charge is -2.11. The van der Waals surface area contributed by atoms with Crippen LogP contribution in [0.1, 0.15) is 11.1 Å². The van der Waals surface area contributed by atoms with Gasteiger partial charge in [-0.3, -0.25) is 0 Å². The van der Waals surface area contributed by atoms with E-state index >= 15 is 0 Å². The van der Waals surface area contributed by atoms with Crippen molar-refractivity contribution in [2.24, 2.45) is 0 Å². The number of nitrogens with one attached hydrogen (secondary N) is 1. The molecule has 140 valence electrons. The van der Waals surface area contributed by atoms with Crippen LogP contribution in [0, 0.1) is 0 Å². The Morgan fingerprint density at radius 1 is 1.00 bits per heavy atom. The van der Waals surface area contributed by atoms with Crippen LogP contribution in [-0.4, -0.2) is 16.3 Å². The lowest BCUT2D eigenvalue weighted by Crippen LogP contribution is -2.07. The number of fused-ring (bicyclic) bond motifs is 1. The van der Waals surface area contributed by atoms with Crippen molar-refractivity contribution in [2.45, 2.75) is 12.6 Å². The first-order chi connectivity index (χ1) is 12.8. The van der Waals surface area contributed by atoms with E-state index in [1.807, 2.05) is 0 Å². The van der Waals surface area contributed by atoms with Crippen molar-refractivity contribution in [1.82, 2.24) is 9.78 Å². The maximum absolute atomic E-state index is 13.2. The first-order valence-corrected chi connectivity index (χ1v) is 9.07. The Bertz CT molecular complexity index is 1040. The monoisotopic (exact) mass is 431 g/mol. The average molecular weight is 433 g/mol. The number of hydrogen-bond acceptors (Lipinski definition) is 2. The SMILES string of the molecule is FC(F)(F)c1cc(-c2nn(-c3ccc(Cl)cc3Cl)c3c2CCN3)ccc1Cl. The minimum atomic E-state index is -4.55. The second-order valence-electron chi connectivity index (χ2n) is 6.05. The Labute approximate surface area is 167 Å². The highest BCUT2D eigenvalue weighted by molar-refractivity contribution is 6.35. The van der Waals surface area contributed by atoms with Gasteiger partial charge in [0, 0.05) is 22.7 Å². The molecule has 0 fully saturated rings. The van der Waals surface area contributed by atoms with Crippen LogP contribution in [0.15, 0.2) is 36.4 Å². The van der Waals surface area contributed by atoms with E-state index in [0.29, 0.717) is 45.8 Å². The zero-order valence-electron chi connectivity index (χ0n) is 13.5. The number of halogens is 6. The maximum Gasteiger partial charge on any atom is 0.417 e. The molecule has 2 heterocycles. The zero-order chi connectivity index (χ0) is 19.3. The minimum Gasteiger partial charge on any atom is -0.369 e. The van der Waals surface area contributed by atoms with Crippen LogP contribution in [0.2, 0.25) is 15.1 Å². The molecule has 0 spiro atoms. The third-order valence-corrected chi connectivity index (χ3v) is 5.20. The van der Waals surface area contributed by atoms with E-state index in [0.717, 1.165) is 11.6 Å². The zero-order valence-corrected chi connectivity index (χ0v) is 15.8. The van der Waals surface area contributed by atoms with Crippen molar-refractivity contribution >= 4 is 40.6 Å². The molecule has 0 saturated heterocycles. The van der Waals surface area contributed by atoms with Crippen molar-refractivity contribution < 1.29 is 13.2 Å². The van der Waals surface area contributed by atoms with E-state index in [1.165, 1.54) is 12.1 Å². The lowest BCUT2D eigenvalue weighted by molar-refractivity contribution is -0.137. The summed E-state index contributed by atoms with van der Waals surface area (Å²) in [6, 6.07) is 8.78. The van der Waals surface area contributed by atoms with Gasteiger partial charge in [0.05, 0.1) is 27.0 Å². The molecule has 1 aliphatic heterocycles. The van der Waals surface area contributed by atoms with Gasteiger partial charge in [-0.1, -0.05) is 40.9 Å². The number of aromatic nitrogens is 2. The molecule has 0 aliphatic carbocycles. The Kier molecular flexibility index (Phi) is 4.53. The molecule has 9 heteroatoms. The third kappa shape index (κ3) is 3.26. The van der Waals surface area contributed by atoms with Crippen molar-refractivity contribution in [3.8, 4) is 16.9 Å². The van der Waals surface area contributed by atoms with Gasteiger partial charge in [-0.15, -0.1) is 0 Å². The maximum atomic E-state index is 13.2. The van der Waals surface area contributed by atoms with Gasteiger partial charge in [-0.05, 0) is 36.8 Å². The molecule has 0 amide bonds. The Morgan fingerprint density at radius 3 is 2.48 bits per heavy atom. The molecule has 1 aromatic heterocycles. The first kappa shape index (κ1) is 18.5. The molecule has 0 radical (unpaired) electrons. The molecule has 2 aromatic carbocycles. The molecule has 0 unspecified atom stereocenters. The molecule has 27 heavy (non-hydrogen) atoms. The standard InChI is InChI=1S/C18H11Cl3F3N3/c19-10-2-4-15(14(21)8-10)27-17-11(5-6-25-17)16(26-27)9-1-3-13(20)12(7-9)18(22,23)24/h1-4,7-8,25H,5-6H2. The first-order valence-electron chi connectivity index (χ1n) is 7.94. The van der Waals surface area contributed by atoms with Gasteiger partial charge in [0.2, 0.25) is 0 Å². The lowest BCUT2D eigenvalue weighted by atomic mass is 10.0. The Hall–Kier alpha value is -1.89. The Morgan fingerprint density at radius 2 is 1.78 bits per heavy atom. The summed E-state index contributed by atoms with van der Waals surface area (Å²) in [7, 11) is 0. The molecule has 3 aromatic rings. The summed E-state index contributed by atoms with van der Waals surface area (Å²) >= 11 is 18.0. The summed E-state index contributed by atoms with van der Waals surface area (Å²) in [4.78, 5) is 0. The van der Waals surface area contributed by atoms with Gasteiger partial charge in [-0.2, -0.15) is 18.3 Å². The largest absolute Gasteiger partial charge is 0.417 e. The van der Waals surface area contributed by atoms with Gasteiger partial charge in [0.25, 0.3) is 0 Å². The van der Waals surface area contributed by atoms with Crippen molar-refractivity contribution in [1.29, 1.82) is 0 Å². The number of benzene rings is 2. The van der Waals surface area contributed by atoms with Crippen LogP contribution in [0.25, 0.3) is 16.9 Å². The van der Waals surface area contributed by atoms with Crippen molar-refractivity contribution in [3.05, 3.63) is 62.6 Å². The molecule has 0 atom stereocenters. The van der Waals surface area contributed by atoms with Crippen LogP contribution in [-0.2, 0) is 12.6 Å². The highest BCUT2D eigenvalue weighted by Crippen LogP contribution is 2.40. The van der Waals surface area contributed by atoms with E-state index < -0.39 is 11.7 Å². The number of hydrogen-bond donors (Lipinski definition) is 1. The third-order valence-electron chi connectivity index (χ3n) is 4.33. The predicted octanol–water partition coefficient (Wildman–Crippen LogP) is 6.49. The Balaban J connectivity index is 1.89. The molecular weight excluding hydrogens is 422 g/mol. The quantitative estimate of drug-likeness (QED) is 0.502. The van der Waals surface area contributed by atoms with Gasteiger partial charge in [0.15, 0.2) is 0 Å². The summed E-state index contributed by atoms with van der Waals surface area (Å²) < 4.78 is 41.3. The van der Waals surface area contributed by atoms with Gasteiger partial charge in [-0.25, -0.2) is 4.68 Å². The van der Waals surface area contributed by atoms with E-state index in [-0.39, 0.29) is 5.02 Å². The van der Waals surface area contributed by atoms with Crippen LogP contribution in [0.5, 0.6) is 0 Å². The normalized spacial score (nSPS) is 13.6. The molecule has 1 aliphatic rings. The average Bonchev–Trinajstić information content (AvgIpc) is 3.17. The molecule has 4 rings (SSSR count). The molecular formula is C18H11Cl3F3N3.